The molecule has 1 aliphatic rings. The second-order valence-corrected chi connectivity index (χ2v) is 5.26. The molecule has 16 heavy (non-hydrogen) atoms. The van der Waals surface area contributed by atoms with E-state index in [1.54, 1.807) is 11.8 Å². The van der Waals surface area contributed by atoms with Crippen molar-refractivity contribution in [1.82, 2.24) is 5.32 Å². The van der Waals surface area contributed by atoms with Crippen molar-refractivity contribution in [2.45, 2.75) is 37.5 Å². The van der Waals surface area contributed by atoms with E-state index in [9.17, 15) is 9.59 Å². The summed E-state index contributed by atoms with van der Waals surface area (Å²) in [5.41, 5.74) is 5.08. The zero-order valence-electron chi connectivity index (χ0n) is 9.31. The summed E-state index contributed by atoms with van der Waals surface area (Å²) < 4.78 is 0. The molecule has 0 aromatic heterocycles. The molecule has 0 aliphatic carbocycles. The predicted octanol–water partition coefficient (Wildman–Crippen LogP) is 1.03. The van der Waals surface area contributed by atoms with Gasteiger partial charge >= 0.3 is 12.0 Å². The Bertz CT molecular complexity index is 273. The SMILES string of the molecule is CCCC(C(=O)O)C1SCCC1NC(N)=O. The molecule has 1 fully saturated rings. The lowest BCUT2D eigenvalue weighted by Crippen LogP contribution is -2.46. The molecule has 0 aromatic carbocycles. The summed E-state index contributed by atoms with van der Waals surface area (Å²) in [6.07, 6.45) is 2.27. The molecule has 0 bridgehead atoms. The van der Waals surface area contributed by atoms with E-state index in [-0.39, 0.29) is 11.3 Å². The molecule has 3 unspecified atom stereocenters. The first kappa shape index (κ1) is 13.2. The van der Waals surface area contributed by atoms with Crippen LogP contribution in [-0.2, 0) is 4.79 Å². The van der Waals surface area contributed by atoms with Crippen LogP contribution < -0.4 is 11.1 Å². The van der Waals surface area contributed by atoms with Gasteiger partial charge in [0.15, 0.2) is 0 Å². The number of carbonyl (C=O) groups is 2. The highest BCUT2D eigenvalue weighted by atomic mass is 32.2. The monoisotopic (exact) mass is 246 g/mol. The van der Waals surface area contributed by atoms with Crippen LogP contribution in [0.5, 0.6) is 0 Å². The van der Waals surface area contributed by atoms with Crippen LogP contribution in [0.2, 0.25) is 0 Å². The Hall–Kier alpha value is -0.910. The second-order valence-electron chi connectivity index (χ2n) is 3.97. The van der Waals surface area contributed by atoms with E-state index < -0.39 is 17.9 Å². The Morgan fingerprint density at radius 3 is 2.81 bits per heavy atom. The van der Waals surface area contributed by atoms with Gasteiger partial charge in [-0.25, -0.2) is 4.79 Å². The first-order valence-electron chi connectivity index (χ1n) is 5.46. The molecule has 0 radical (unpaired) electrons. The highest BCUT2D eigenvalue weighted by molar-refractivity contribution is 8.00. The Balaban J connectivity index is 2.66. The van der Waals surface area contributed by atoms with Gasteiger partial charge in [0.2, 0.25) is 0 Å². The van der Waals surface area contributed by atoms with Crippen molar-refractivity contribution in [2.75, 3.05) is 5.75 Å². The molecular formula is C10H18N2O3S. The average molecular weight is 246 g/mol. The largest absolute Gasteiger partial charge is 0.481 e. The van der Waals surface area contributed by atoms with E-state index in [1.165, 1.54) is 0 Å². The number of nitrogens with two attached hydrogens (primary N) is 1. The minimum absolute atomic E-state index is 0.0510. The number of primary amides is 1. The van der Waals surface area contributed by atoms with E-state index in [1.807, 2.05) is 6.92 Å². The topological polar surface area (TPSA) is 92.4 Å². The van der Waals surface area contributed by atoms with Crippen LogP contribution in [0.25, 0.3) is 0 Å². The van der Waals surface area contributed by atoms with Crippen molar-refractivity contribution in [1.29, 1.82) is 0 Å². The standard InChI is InChI=1S/C10H18N2O3S/c1-2-3-6(9(13)14)8-7(4-5-16-8)12-10(11)15/h6-8H,2-5H2,1H3,(H,13,14)(H3,11,12,15). The van der Waals surface area contributed by atoms with Crippen LogP contribution in [-0.4, -0.2) is 34.2 Å². The van der Waals surface area contributed by atoms with Gasteiger partial charge in [0.1, 0.15) is 0 Å². The molecule has 5 nitrogen and oxygen atoms in total. The van der Waals surface area contributed by atoms with E-state index in [0.29, 0.717) is 6.42 Å². The van der Waals surface area contributed by atoms with Crippen LogP contribution >= 0.6 is 11.8 Å². The van der Waals surface area contributed by atoms with Crippen molar-refractivity contribution in [3.05, 3.63) is 0 Å². The Kier molecular flexibility index (Phi) is 4.92. The number of aliphatic carboxylic acids is 1. The predicted molar refractivity (Wildman–Crippen MR) is 63.4 cm³/mol. The molecule has 0 saturated carbocycles. The van der Waals surface area contributed by atoms with E-state index in [0.717, 1.165) is 18.6 Å². The zero-order chi connectivity index (χ0) is 12.1. The molecular weight excluding hydrogens is 228 g/mol. The zero-order valence-corrected chi connectivity index (χ0v) is 10.1. The van der Waals surface area contributed by atoms with Gasteiger partial charge in [-0.3, -0.25) is 4.79 Å². The van der Waals surface area contributed by atoms with Gasteiger partial charge in [-0.15, -0.1) is 0 Å². The molecule has 4 N–H and O–H groups in total. The first-order valence-corrected chi connectivity index (χ1v) is 6.51. The molecule has 1 heterocycles. The maximum absolute atomic E-state index is 11.2. The fourth-order valence-corrected chi connectivity index (χ4v) is 3.67. The molecule has 1 aliphatic heterocycles. The summed E-state index contributed by atoms with van der Waals surface area (Å²) in [7, 11) is 0. The van der Waals surface area contributed by atoms with Gasteiger partial charge < -0.3 is 16.2 Å². The van der Waals surface area contributed by atoms with E-state index >= 15 is 0 Å². The van der Waals surface area contributed by atoms with Crippen LogP contribution in [0.3, 0.4) is 0 Å². The maximum atomic E-state index is 11.2. The first-order chi connectivity index (χ1) is 7.56. The van der Waals surface area contributed by atoms with Gasteiger partial charge in [0, 0.05) is 11.3 Å². The highest BCUT2D eigenvalue weighted by Gasteiger charge is 2.38. The van der Waals surface area contributed by atoms with Gasteiger partial charge in [-0.1, -0.05) is 13.3 Å². The van der Waals surface area contributed by atoms with Gasteiger partial charge in [-0.2, -0.15) is 11.8 Å². The molecule has 1 rings (SSSR count). The summed E-state index contributed by atoms with van der Waals surface area (Å²) in [5, 5.41) is 11.7. The number of rotatable bonds is 5. The van der Waals surface area contributed by atoms with Gasteiger partial charge in [0.25, 0.3) is 0 Å². The Morgan fingerprint density at radius 1 is 1.62 bits per heavy atom. The molecule has 2 amide bonds. The van der Waals surface area contributed by atoms with Crippen LogP contribution in [0.15, 0.2) is 0 Å². The third kappa shape index (κ3) is 3.30. The summed E-state index contributed by atoms with van der Waals surface area (Å²) in [5.74, 6) is -0.296. The smallest absolute Gasteiger partial charge is 0.312 e. The Morgan fingerprint density at radius 2 is 2.31 bits per heavy atom. The maximum Gasteiger partial charge on any atom is 0.312 e. The lowest BCUT2D eigenvalue weighted by Gasteiger charge is -2.24. The molecule has 1 saturated heterocycles. The number of thioether (sulfide) groups is 1. The molecule has 0 spiro atoms. The number of urea groups is 1. The summed E-state index contributed by atoms with van der Waals surface area (Å²) in [6, 6.07) is -0.673. The van der Waals surface area contributed by atoms with E-state index in [4.69, 9.17) is 10.8 Å². The fraction of sp³-hybridized carbons (Fsp3) is 0.800. The van der Waals surface area contributed by atoms with Crippen molar-refractivity contribution >= 4 is 23.8 Å². The number of carbonyl (C=O) groups excluding carboxylic acids is 1. The minimum atomic E-state index is -0.780. The number of carboxylic acids is 1. The second kappa shape index (κ2) is 5.98. The number of hydrogen-bond donors (Lipinski definition) is 3. The third-order valence-electron chi connectivity index (χ3n) is 2.78. The lowest BCUT2D eigenvalue weighted by atomic mass is 9.94. The number of carboxylic acid groups (broad SMARTS) is 1. The number of hydrogen-bond acceptors (Lipinski definition) is 3. The van der Waals surface area contributed by atoms with Crippen molar-refractivity contribution in [2.24, 2.45) is 11.7 Å². The van der Waals surface area contributed by atoms with Crippen molar-refractivity contribution in [3.63, 3.8) is 0 Å². The summed E-state index contributed by atoms with van der Waals surface area (Å²) in [4.78, 5) is 22.0. The van der Waals surface area contributed by atoms with Crippen LogP contribution in [0.1, 0.15) is 26.2 Å². The minimum Gasteiger partial charge on any atom is -0.481 e. The number of amides is 2. The Labute approximate surface area is 99.1 Å². The number of nitrogens with one attached hydrogen (secondary N) is 1. The fourth-order valence-electron chi connectivity index (χ4n) is 2.08. The summed E-state index contributed by atoms with van der Waals surface area (Å²) >= 11 is 1.62. The third-order valence-corrected chi connectivity index (χ3v) is 4.29. The van der Waals surface area contributed by atoms with Crippen molar-refractivity contribution in [3.8, 4) is 0 Å². The van der Waals surface area contributed by atoms with Gasteiger partial charge in [-0.05, 0) is 18.6 Å². The molecule has 0 aromatic rings. The van der Waals surface area contributed by atoms with Crippen LogP contribution in [0, 0.1) is 5.92 Å². The normalized spacial score (nSPS) is 26.3. The molecule has 6 heteroatoms. The van der Waals surface area contributed by atoms with Crippen LogP contribution in [0.4, 0.5) is 4.79 Å². The summed E-state index contributed by atoms with van der Waals surface area (Å²) in [6.45, 7) is 1.96. The highest BCUT2D eigenvalue weighted by Crippen LogP contribution is 2.34. The van der Waals surface area contributed by atoms with Crippen molar-refractivity contribution < 1.29 is 14.7 Å². The lowest BCUT2D eigenvalue weighted by molar-refractivity contribution is -0.142. The molecule has 3 atom stereocenters. The van der Waals surface area contributed by atoms with Gasteiger partial charge in [0.05, 0.1) is 5.92 Å². The average Bonchev–Trinajstić information content (AvgIpc) is 2.60. The molecule has 92 valence electrons. The quantitative estimate of drug-likeness (QED) is 0.675. The van der Waals surface area contributed by atoms with E-state index in [2.05, 4.69) is 5.32 Å².